The number of nitrogens with one attached hydrogen (secondary N) is 1. The molecule has 0 amide bonds. The third-order valence-electron chi connectivity index (χ3n) is 2.36. The molecular formula is C13H16BrN3OS. The molecule has 0 unspecified atom stereocenters. The van der Waals surface area contributed by atoms with Crippen molar-refractivity contribution in [2.45, 2.75) is 33.0 Å². The zero-order valence-electron chi connectivity index (χ0n) is 10.9. The molecule has 0 saturated heterocycles. The molecule has 0 radical (unpaired) electrons. The highest BCUT2D eigenvalue weighted by Crippen LogP contribution is 2.20. The Labute approximate surface area is 125 Å². The van der Waals surface area contributed by atoms with Gasteiger partial charge in [0.05, 0.1) is 6.54 Å². The first kappa shape index (κ1) is 14.4. The van der Waals surface area contributed by atoms with Crippen LogP contribution in [0.15, 0.2) is 28.7 Å². The zero-order valence-corrected chi connectivity index (χ0v) is 13.3. The van der Waals surface area contributed by atoms with E-state index in [1.54, 1.807) is 0 Å². The molecule has 0 aliphatic rings. The van der Waals surface area contributed by atoms with Gasteiger partial charge in [-0.1, -0.05) is 58.3 Å². The number of hydrogen-bond acceptors (Lipinski definition) is 5. The fourth-order valence-corrected chi connectivity index (χ4v) is 2.52. The Kier molecular flexibility index (Phi) is 5.30. The number of ether oxygens (including phenoxy) is 1. The van der Waals surface area contributed by atoms with Gasteiger partial charge in [-0.2, -0.15) is 0 Å². The van der Waals surface area contributed by atoms with Crippen molar-refractivity contribution in [1.29, 1.82) is 0 Å². The molecular weight excluding hydrogens is 326 g/mol. The van der Waals surface area contributed by atoms with Gasteiger partial charge >= 0.3 is 0 Å². The minimum absolute atomic E-state index is 0.440. The third-order valence-corrected chi connectivity index (χ3v) is 3.69. The van der Waals surface area contributed by atoms with Crippen LogP contribution in [0.1, 0.15) is 24.4 Å². The van der Waals surface area contributed by atoms with Crippen LogP contribution in [-0.4, -0.2) is 16.2 Å². The van der Waals surface area contributed by atoms with Crippen molar-refractivity contribution in [3.05, 3.63) is 39.3 Å². The molecule has 0 atom stereocenters. The molecule has 0 fully saturated rings. The van der Waals surface area contributed by atoms with Crippen LogP contribution in [0.4, 0.5) is 0 Å². The Bertz CT molecular complexity index is 530. The van der Waals surface area contributed by atoms with Crippen molar-refractivity contribution in [3.8, 4) is 5.19 Å². The van der Waals surface area contributed by atoms with Crippen LogP contribution < -0.4 is 10.1 Å². The van der Waals surface area contributed by atoms with Gasteiger partial charge in [-0.3, -0.25) is 0 Å². The lowest BCUT2D eigenvalue weighted by atomic mass is 10.2. The van der Waals surface area contributed by atoms with Crippen molar-refractivity contribution in [2.75, 3.05) is 0 Å². The van der Waals surface area contributed by atoms with Crippen LogP contribution in [0.2, 0.25) is 0 Å². The quantitative estimate of drug-likeness (QED) is 0.874. The summed E-state index contributed by atoms with van der Waals surface area (Å²) in [4.78, 5) is 0. The van der Waals surface area contributed by atoms with Gasteiger partial charge in [0, 0.05) is 10.5 Å². The second kappa shape index (κ2) is 6.98. The molecule has 0 aliphatic heterocycles. The van der Waals surface area contributed by atoms with E-state index in [4.69, 9.17) is 4.74 Å². The summed E-state index contributed by atoms with van der Waals surface area (Å²) in [5.41, 5.74) is 1.10. The second-order valence-corrected chi connectivity index (χ2v) is 6.36. The topological polar surface area (TPSA) is 47.0 Å². The predicted octanol–water partition coefficient (Wildman–Crippen LogP) is 3.38. The lowest BCUT2D eigenvalue weighted by Crippen LogP contribution is -2.21. The van der Waals surface area contributed by atoms with Crippen LogP contribution in [-0.2, 0) is 13.2 Å². The van der Waals surface area contributed by atoms with Gasteiger partial charge in [0.2, 0.25) is 0 Å². The molecule has 6 heteroatoms. The summed E-state index contributed by atoms with van der Waals surface area (Å²) >= 11 is 4.92. The van der Waals surface area contributed by atoms with Gasteiger partial charge in [-0.25, -0.2) is 0 Å². The summed E-state index contributed by atoms with van der Waals surface area (Å²) in [6.45, 7) is 5.44. The number of hydrogen-bond donors (Lipinski definition) is 1. The van der Waals surface area contributed by atoms with Gasteiger partial charge in [0.25, 0.3) is 5.19 Å². The lowest BCUT2D eigenvalue weighted by Gasteiger charge is -2.04. The maximum Gasteiger partial charge on any atom is 0.294 e. The van der Waals surface area contributed by atoms with E-state index >= 15 is 0 Å². The summed E-state index contributed by atoms with van der Waals surface area (Å²) in [5, 5.41) is 13.0. The molecule has 1 aromatic heterocycles. The van der Waals surface area contributed by atoms with Gasteiger partial charge in [0.1, 0.15) is 11.6 Å². The molecule has 0 saturated carbocycles. The summed E-state index contributed by atoms with van der Waals surface area (Å²) in [6.07, 6.45) is 0. The SMILES string of the molecule is CC(C)NCc1nnc(OCc2cccc(Br)c2)s1. The van der Waals surface area contributed by atoms with Gasteiger partial charge in [-0.05, 0) is 17.7 Å². The minimum Gasteiger partial charge on any atom is -0.464 e. The standard InChI is InChI=1S/C13H16BrN3OS/c1-9(2)15-7-12-16-17-13(19-12)18-8-10-4-3-5-11(14)6-10/h3-6,9,15H,7-8H2,1-2H3. The first-order chi connectivity index (χ1) is 9.13. The monoisotopic (exact) mass is 341 g/mol. The number of rotatable bonds is 6. The number of benzene rings is 1. The van der Waals surface area contributed by atoms with Gasteiger partial charge in [0.15, 0.2) is 0 Å². The van der Waals surface area contributed by atoms with Crippen LogP contribution in [0.5, 0.6) is 5.19 Å². The van der Waals surface area contributed by atoms with Crippen molar-refractivity contribution >= 4 is 27.3 Å². The molecule has 0 bridgehead atoms. The fraction of sp³-hybridized carbons (Fsp3) is 0.385. The van der Waals surface area contributed by atoms with Crippen LogP contribution in [0, 0.1) is 0 Å². The summed E-state index contributed by atoms with van der Waals surface area (Å²) in [7, 11) is 0. The lowest BCUT2D eigenvalue weighted by molar-refractivity contribution is 0.302. The zero-order chi connectivity index (χ0) is 13.7. The Morgan fingerprint density at radius 1 is 1.37 bits per heavy atom. The molecule has 102 valence electrons. The first-order valence-corrected chi connectivity index (χ1v) is 7.67. The van der Waals surface area contributed by atoms with Crippen molar-refractivity contribution in [2.24, 2.45) is 0 Å². The number of nitrogens with zero attached hydrogens (tertiary/aromatic N) is 2. The van der Waals surface area contributed by atoms with Crippen LogP contribution in [0.3, 0.4) is 0 Å². The van der Waals surface area contributed by atoms with E-state index < -0.39 is 0 Å². The summed E-state index contributed by atoms with van der Waals surface area (Å²) in [5.74, 6) is 0. The molecule has 0 aliphatic carbocycles. The third kappa shape index (κ3) is 4.89. The smallest absolute Gasteiger partial charge is 0.294 e. The Hall–Kier alpha value is -0.980. The Morgan fingerprint density at radius 3 is 2.95 bits per heavy atom. The van der Waals surface area contributed by atoms with Crippen molar-refractivity contribution in [3.63, 3.8) is 0 Å². The maximum absolute atomic E-state index is 5.63. The second-order valence-electron chi connectivity index (χ2n) is 4.42. The molecule has 1 aromatic carbocycles. The Morgan fingerprint density at radius 2 is 2.21 bits per heavy atom. The van der Waals surface area contributed by atoms with Gasteiger partial charge in [-0.15, -0.1) is 5.10 Å². The van der Waals surface area contributed by atoms with E-state index in [-0.39, 0.29) is 0 Å². The highest BCUT2D eigenvalue weighted by Gasteiger charge is 2.06. The van der Waals surface area contributed by atoms with E-state index in [1.807, 2.05) is 24.3 Å². The molecule has 1 N–H and O–H groups in total. The molecule has 1 heterocycles. The predicted molar refractivity (Wildman–Crippen MR) is 80.4 cm³/mol. The minimum atomic E-state index is 0.440. The highest BCUT2D eigenvalue weighted by atomic mass is 79.9. The van der Waals surface area contributed by atoms with Gasteiger partial charge < -0.3 is 10.1 Å². The van der Waals surface area contributed by atoms with E-state index in [0.717, 1.165) is 21.6 Å². The molecule has 4 nitrogen and oxygen atoms in total. The number of aromatic nitrogens is 2. The first-order valence-electron chi connectivity index (χ1n) is 6.06. The average Bonchev–Trinajstić information content (AvgIpc) is 2.82. The van der Waals surface area contributed by atoms with Crippen LogP contribution >= 0.6 is 27.3 Å². The van der Waals surface area contributed by atoms with Crippen molar-refractivity contribution in [1.82, 2.24) is 15.5 Å². The summed E-state index contributed by atoms with van der Waals surface area (Å²) < 4.78 is 6.68. The molecule has 19 heavy (non-hydrogen) atoms. The molecule has 2 aromatic rings. The van der Waals surface area contributed by atoms with E-state index in [1.165, 1.54) is 11.3 Å². The van der Waals surface area contributed by atoms with E-state index in [0.29, 0.717) is 17.8 Å². The van der Waals surface area contributed by atoms with Crippen molar-refractivity contribution < 1.29 is 4.74 Å². The molecule has 0 spiro atoms. The molecule has 2 rings (SSSR count). The van der Waals surface area contributed by atoms with E-state index in [9.17, 15) is 0 Å². The normalized spacial score (nSPS) is 10.9. The summed E-state index contributed by atoms with van der Waals surface area (Å²) in [6, 6.07) is 8.47. The fourth-order valence-electron chi connectivity index (χ4n) is 1.43. The Balaban J connectivity index is 1.86. The van der Waals surface area contributed by atoms with Crippen LogP contribution in [0.25, 0.3) is 0 Å². The maximum atomic E-state index is 5.63. The average molecular weight is 342 g/mol. The van der Waals surface area contributed by atoms with E-state index in [2.05, 4.69) is 45.3 Å². The number of halogens is 1. The highest BCUT2D eigenvalue weighted by molar-refractivity contribution is 9.10. The largest absolute Gasteiger partial charge is 0.464 e.